The number of hydrogen-bond acceptors (Lipinski definition) is 5. The number of benzene rings is 1. The molecule has 2 heterocycles. The maximum atomic E-state index is 12.3. The molecule has 3 rings (SSSR count). The molecular weight excluding hydrogens is 331 g/mol. The van der Waals surface area contributed by atoms with E-state index in [9.17, 15) is 4.79 Å². The van der Waals surface area contributed by atoms with Crippen LogP contribution < -0.4 is 5.46 Å². The van der Waals surface area contributed by atoms with E-state index in [0.29, 0.717) is 12.2 Å². The van der Waals surface area contributed by atoms with Crippen molar-refractivity contribution < 1.29 is 18.8 Å². The monoisotopic (exact) mass is 358 g/mol. The molecule has 1 aliphatic heterocycles. The molecule has 0 aliphatic carbocycles. The lowest BCUT2D eigenvalue weighted by molar-refractivity contribution is 0.00578. The number of ether oxygens (including phenoxy) is 1. The van der Waals surface area contributed by atoms with Crippen molar-refractivity contribution in [1.29, 1.82) is 0 Å². The van der Waals surface area contributed by atoms with Gasteiger partial charge in [0.25, 0.3) is 0 Å². The molecule has 1 saturated heterocycles. The summed E-state index contributed by atoms with van der Waals surface area (Å²) in [5.74, 6) is -0.364. The Balaban J connectivity index is 2.14. The first-order valence-electron chi connectivity index (χ1n) is 9.21. The third-order valence-electron chi connectivity index (χ3n) is 5.23. The smallest absolute Gasteiger partial charge is 0.462 e. The average Bonchev–Trinajstić information content (AvgIpc) is 3.05. The van der Waals surface area contributed by atoms with Crippen LogP contribution in [0, 0.1) is 0 Å². The Hall–Kier alpha value is -1.86. The SMILES string of the molecule is CCCn1cnc2cc(C(=O)OCC)cc(B3OC(C)(C)C(C)(C)O3)c21. The van der Waals surface area contributed by atoms with Gasteiger partial charge in [-0.1, -0.05) is 6.92 Å². The minimum Gasteiger partial charge on any atom is -0.462 e. The third-order valence-corrected chi connectivity index (χ3v) is 5.23. The Morgan fingerprint density at radius 1 is 1.19 bits per heavy atom. The zero-order valence-electron chi connectivity index (χ0n) is 16.5. The largest absolute Gasteiger partial charge is 0.497 e. The highest BCUT2D eigenvalue weighted by Crippen LogP contribution is 2.37. The van der Waals surface area contributed by atoms with Crippen LogP contribution in [0.2, 0.25) is 0 Å². The predicted octanol–water partition coefficient (Wildman–Crippen LogP) is 2.92. The quantitative estimate of drug-likeness (QED) is 0.608. The van der Waals surface area contributed by atoms with Gasteiger partial charge in [-0.3, -0.25) is 0 Å². The molecule has 0 unspecified atom stereocenters. The number of aromatic nitrogens is 2. The van der Waals surface area contributed by atoms with E-state index in [-0.39, 0.29) is 5.97 Å². The zero-order valence-corrected chi connectivity index (χ0v) is 16.5. The lowest BCUT2D eigenvalue weighted by Gasteiger charge is -2.32. The van der Waals surface area contributed by atoms with Gasteiger partial charge >= 0.3 is 13.1 Å². The van der Waals surface area contributed by atoms with Crippen molar-refractivity contribution in [2.45, 2.75) is 65.7 Å². The van der Waals surface area contributed by atoms with E-state index < -0.39 is 18.3 Å². The van der Waals surface area contributed by atoms with Gasteiger partial charge in [0.15, 0.2) is 0 Å². The van der Waals surface area contributed by atoms with E-state index in [0.717, 1.165) is 29.5 Å². The first kappa shape index (κ1) is 18.9. The van der Waals surface area contributed by atoms with Crippen LogP contribution in [0.4, 0.5) is 0 Å². The van der Waals surface area contributed by atoms with Crippen molar-refractivity contribution in [2.24, 2.45) is 0 Å². The Kier molecular flexibility index (Phi) is 4.88. The molecule has 1 fully saturated rings. The van der Waals surface area contributed by atoms with Crippen LogP contribution in [-0.2, 0) is 20.6 Å². The minimum atomic E-state index is -0.566. The summed E-state index contributed by atoms with van der Waals surface area (Å²) < 4.78 is 19.7. The van der Waals surface area contributed by atoms with Crippen molar-refractivity contribution in [3.63, 3.8) is 0 Å². The highest BCUT2D eigenvalue weighted by Gasteiger charge is 2.52. The molecule has 0 radical (unpaired) electrons. The van der Waals surface area contributed by atoms with Crippen LogP contribution in [0.15, 0.2) is 18.5 Å². The molecule has 6 nitrogen and oxygen atoms in total. The van der Waals surface area contributed by atoms with Crippen LogP contribution in [0.3, 0.4) is 0 Å². The first-order valence-corrected chi connectivity index (χ1v) is 9.21. The van der Waals surface area contributed by atoms with Crippen LogP contribution in [0.1, 0.15) is 58.3 Å². The van der Waals surface area contributed by atoms with Gasteiger partial charge in [-0.05, 0) is 53.2 Å². The fraction of sp³-hybridized carbons (Fsp3) is 0.579. The standard InChI is InChI=1S/C19H27BN2O4/c1-7-9-22-12-21-15-11-13(17(23)24-8-2)10-14(16(15)22)20-25-18(3,4)19(5,6)26-20/h10-12H,7-9H2,1-6H3. The number of fused-ring (bicyclic) bond motifs is 1. The zero-order chi connectivity index (χ0) is 19.1. The van der Waals surface area contributed by atoms with E-state index in [1.165, 1.54) is 0 Å². The van der Waals surface area contributed by atoms with Crippen LogP contribution in [0.5, 0.6) is 0 Å². The highest BCUT2D eigenvalue weighted by molar-refractivity contribution is 6.65. The second-order valence-electron chi connectivity index (χ2n) is 7.68. The molecule has 7 heteroatoms. The molecule has 0 saturated carbocycles. The molecule has 1 aliphatic rings. The summed E-state index contributed by atoms with van der Waals surface area (Å²) in [6, 6.07) is 3.59. The van der Waals surface area contributed by atoms with Crippen molar-refractivity contribution >= 4 is 29.6 Å². The summed E-state index contributed by atoms with van der Waals surface area (Å²) in [5, 5.41) is 0. The molecule has 2 aromatic rings. The van der Waals surface area contributed by atoms with Gasteiger partial charge in [0.1, 0.15) is 0 Å². The van der Waals surface area contributed by atoms with Crippen molar-refractivity contribution in [3.05, 3.63) is 24.0 Å². The molecular formula is C19H27BN2O4. The van der Waals surface area contributed by atoms with Crippen LogP contribution in [0.25, 0.3) is 11.0 Å². The molecule has 0 bridgehead atoms. The summed E-state index contributed by atoms with van der Waals surface area (Å²) in [5.41, 5.74) is 2.05. The summed E-state index contributed by atoms with van der Waals surface area (Å²) in [7, 11) is -0.566. The maximum Gasteiger partial charge on any atom is 0.497 e. The summed E-state index contributed by atoms with van der Waals surface area (Å²) in [4.78, 5) is 16.8. The Bertz CT molecular complexity index is 812. The number of imidazole rings is 1. The van der Waals surface area contributed by atoms with Crippen LogP contribution in [-0.4, -0.2) is 40.4 Å². The number of hydrogen-bond donors (Lipinski definition) is 0. The lowest BCUT2D eigenvalue weighted by Crippen LogP contribution is -2.41. The minimum absolute atomic E-state index is 0.326. The molecule has 26 heavy (non-hydrogen) atoms. The van der Waals surface area contributed by atoms with E-state index in [2.05, 4.69) is 16.5 Å². The fourth-order valence-corrected chi connectivity index (χ4v) is 3.13. The van der Waals surface area contributed by atoms with Crippen molar-refractivity contribution in [2.75, 3.05) is 6.61 Å². The Morgan fingerprint density at radius 2 is 1.85 bits per heavy atom. The first-order chi connectivity index (χ1) is 12.2. The van der Waals surface area contributed by atoms with Gasteiger partial charge in [-0.15, -0.1) is 0 Å². The lowest BCUT2D eigenvalue weighted by atomic mass is 9.77. The topological polar surface area (TPSA) is 62.6 Å². The second-order valence-corrected chi connectivity index (χ2v) is 7.68. The normalized spacial score (nSPS) is 18.5. The Morgan fingerprint density at radius 3 is 2.42 bits per heavy atom. The third kappa shape index (κ3) is 3.14. The summed E-state index contributed by atoms with van der Waals surface area (Å²) >= 11 is 0. The van der Waals surface area contributed by atoms with Gasteiger partial charge in [0.05, 0.1) is 40.7 Å². The molecule has 1 aromatic carbocycles. The number of rotatable bonds is 5. The summed E-state index contributed by atoms with van der Waals surface area (Å²) in [6.07, 6.45) is 2.78. The molecule has 0 N–H and O–H groups in total. The molecule has 0 amide bonds. The highest BCUT2D eigenvalue weighted by atomic mass is 16.7. The molecule has 0 atom stereocenters. The maximum absolute atomic E-state index is 12.3. The van der Waals surface area contributed by atoms with Gasteiger partial charge in [0, 0.05) is 12.0 Å². The molecule has 1 aromatic heterocycles. The van der Waals surface area contributed by atoms with Crippen molar-refractivity contribution in [1.82, 2.24) is 9.55 Å². The average molecular weight is 358 g/mol. The molecule has 0 spiro atoms. The number of esters is 1. The van der Waals surface area contributed by atoms with Gasteiger partial charge in [-0.2, -0.15) is 0 Å². The van der Waals surface area contributed by atoms with E-state index in [1.807, 2.05) is 33.8 Å². The Labute approximate surface area is 155 Å². The number of carbonyl (C=O) groups is 1. The van der Waals surface area contributed by atoms with Gasteiger partial charge < -0.3 is 18.6 Å². The predicted molar refractivity (Wildman–Crippen MR) is 102 cm³/mol. The van der Waals surface area contributed by atoms with Crippen molar-refractivity contribution in [3.8, 4) is 0 Å². The summed E-state index contributed by atoms with van der Waals surface area (Å²) in [6.45, 7) is 13.1. The van der Waals surface area contributed by atoms with E-state index >= 15 is 0 Å². The van der Waals surface area contributed by atoms with Gasteiger partial charge in [-0.25, -0.2) is 9.78 Å². The molecule has 140 valence electrons. The van der Waals surface area contributed by atoms with Gasteiger partial charge in [0.2, 0.25) is 0 Å². The number of aryl methyl sites for hydroxylation is 1. The number of carbonyl (C=O) groups excluding carboxylic acids is 1. The van der Waals surface area contributed by atoms with Crippen LogP contribution >= 0.6 is 0 Å². The van der Waals surface area contributed by atoms with E-state index in [1.54, 1.807) is 19.3 Å². The second kappa shape index (κ2) is 6.70. The number of nitrogens with zero attached hydrogens (tertiary/aromatic N) is 2. The van der Waals surface area contributed by atoms with E-state index in [4.69, 9.17) is 14.0 Å². The fourth-order valence-electron chi connectivity index (χ4n) is 3.13.